The molecule has 4 heteroatoms. The summed E-state index contributed by atoms with van der Waals surface area (Å²) < 4.78 is 0. The number of benzene rings is 2. The van der Waals surface area contributed by atoms with E-state index in [-0.39, 0.29) is 17.2 Å². The molecule has 0 aliphatic rings. The van der Waals surface area contributed by atoms with Gasteiger partial charge >= 0.3 is 0 Å². The van der Waals surface area contributed by atoms with Crippen LogP contribution >= 0.6 is 0 Å². The minimum atomic E-state index is -0.235. The summed E-state index contributed by atoms with van der Waals surface area (Å²) in [6, 6.07) is 16.4. The van der Waals surface area contributed by atoms with Gasteiger partial charge in [0, 0.05) is 11.6 Å². The summed E-state index contributed by atoms with van der Waals surface area (Å²) in [4.78, 5) is 8.27. The van der Waals surface area contributed by atoms with Crippen LogP contribution in [-0.4, -0.2) is 21.4 Å². The first kappa shape index (κ1) is 12.2. The lowest BCUT2D eigenvalue weighted by atomic mass is 10.1. The second kappa shape index (κ2) is 5.01. The Kier molecular flexibility index (Phi) is 3.05. The fourth-order valence-corrected chi connectivity index (χ4v) is 1.97. The van der Waals surface area contributed by atoms with E-state index in [2.05, 4.69) is 9.98 Å². The molecule has 0 aliphatic heterocycles. The van der Waals surface area contributed by atoms with E-state index < -0.39 is 0 Å². The first-order valence-corrected chi connectivity index (χ1v) is 6.15. The van der Waals surface area contributed by atoms with E-state index in [4.69, 9.17) is 0 Å². The molecule has 0 radical (unpaired) electrons. The molecular weight excluding hydrogens is 252 g/mol. The predicted molar refractivity (Wildman–Crippen MR) is 78.8 cm³/mol. The molecule has 0 bridgehead atoms. The molecule has 0 unspecified atom stereocenters. The summed E-state index contributed by atoms with van der Waals surface area (Å²) in [5.41, 5.74) is 1.49. The van der Waals surface area contributed by atoms with Gasteiger partial charge in [0.1, 0.15) is 5.75 Å². The number of rotatable bonds is 2. The molecule has 0 amide bonds. The number of pyridine rings is 1. The largest absolute Gasteiger partial charge is 0.506 e. The Labute approximate surface area is 115 Å². The highest BCUT2D eigenvalue weighted by molar-refractivity contribution is 5.97. The van der Waals surface area contributed by atoms with Gasteiger partial charge in [-0.15, -0.1) is 0 Å². The van der Waals surface area contributed by atoms with Crippen LogP contribution in [0.5, 0.6) is 11.6 Å². The van der Waals surface area contributed by atoms with Gasteiger partial charge in [-0.25, -0.2) is 4.98 Å². The average molecular weight is 264 g/mol. The van der Waals surface area contributed by atoms with Crippen molar-refractivity contribution in [2.75, 3.05) is 0 Å². The first-order valence-electron chi connectivity index (χ1n) is 6.15. The highest BCUT2D eigenvalue weighted by atomic mass is 16.3. The second-order valence-electron chi connectivity index (χ2n) is 4.31. The van der Waals surface area contributed by atoms with Gasteiger partial charge in [0.2, 0.25) is 5.88 Å². The van der Waals surface area contributed by atoms with Gasteiger partial charge in [-0.2, -0.15) is 0 Å². The summed E-state index contributed by atoms with van der Waals surface area (Å²) >= 11 is 0. The van der Waals surface area contributed by atoms with E-state index in [1.54, 1.807) is 24.3 Å². The smallest absolute Gasteiger partial charge is 0.224 e. The number of nitrogens with zero attached hydrogens (tertiary/aromatic N) is 2. The molecule has 0 spiro atoms. The summed E-state index contributed by atoms with van der Waals surface area (Å²) in [5.74, 6) is -0.256. The molecule has 1 aromatic heterocycles. The van der Waals surface area contributed by atoms with Crippen molar-refractivity contribution in [3.63, 3.8) is 0 Å². The van der Waals surface area contributed by atoms with E-state index in [1.807, 2.05) is 30.3 Å². The third-order valence-electron chi connectivity index (χ3n) is 2.98. The fourth-order valence-electron chi connectivity index (χ4n) is 1.97. The quantitative estimate of drug-likeness (QED) is 0.697. The highest BCUT2D eigenvalue weighted by Crippen LogP contribution is 2.31. The fraction of sp³-hybridized carbons (Fsp3) is 0. The molecule has 98 valence electrons. The Hall–Kier alpha value is -2.88. The van der Waals surface area contributed by atoms with Crippen molar-refractivity contribution in [1.29, 1.82) is 0 Å². The molecule has 2 N–H and O–H groups in total. The maximum absolute atomic E-state index is 10.2. The summed E-state index contributed by atoms with van der Waals surface area (Å²) in [7, 11) is 0. The molecule has 3 aromatic rings. The van der Waals surface area contributed by atoms with Crippen LogP contribution in [0.2, 0.25) is 0 Å². The Morgan fingerprint density at radius 1 is 0.900 bits per heavy atom. The monoisotopic (exact) mass is 264 g/mol. The van der Waals surface area contributed by atoms with Crippen LogP contribution in [-0.2, 0) is 0 Å². The lowest BCUT2D eigenvalue weighted by molar-refractivity contribution is 0.439. The van der Waals surface area contributed by atoms with Gasteiger partial charge < -0.3 is 10.2 Å². The predicted octanol–water partition coefficient (Wildman–Crippen LogP) is 3.40. The lowest BCUT2D eigenvalue weighted by Gasteiger charge is -2.05. The van der Waals surface area contributed by atoms with Crippen molar-refractivity contribution in [3.8, 4) is 11.6 Å². The Morgan fingerprint density at radius 2 is 1.60 bits per heavy atom. The van der Waals surface area contributed by atoms with Crippen molar-refractivity contribution in [3.05, 3.63) is 60.2 Å². The molecule has 0 atom stereocenters. The number of aliphatic imine (C=N–C) groups is 1. The second-order valence-corrected chi connectivity index (χ2v) is 4.31. The summed E-state index contributed by atoms with van der Waals surface area (Å²) in [6.07, 6.45) is 1.42. The third kappa shape index (κ3) is 2.19. The summed E-state index contributed by atoms with van der Waals surface area (Å²) in [5, 5.41) is 20.7. The number of para-hydroxylation sites is 2. The Balaban J connectivity index is 2.10. The molecule has 4 nitrogen and oxygen atoms in total. The maximum atomic E-state index is 10.2. The van der Waals surface area contributed by atoms with Crippen molar-refractivity contribution in [2.24, 2.45) is 4.99 Å². The topological polar surface area (TPSA) is 65.7 Å². The molecule has 3 rings (SSSR count). The molecule has 0 fully saturated rings. The van der Waals surface area contributed by atoms with Crippen molar-refractivity contribution in [2.45, 2.75) is 0 Å². The molecule has 0 aliphatic carbocycles. The van der Waals surface area contributed by atoms with Crippen LogP contribution in [0.15, 0.2) is 59.6 Å². The SMILES string of the molecule is Oc1nc2ccccc2c(O)c1/C=N\c1ccccc1. The average Bonchev–Trinajstić information content (AvgIpc) is 2.48. The van der Waals surface area contributed by atoms with Gasteiger partial charge in [0.15, 0.2) is 0 Å². The van der Waals surface area contributed by atoms with Gasteiger partial charge in [0.05, 0.1) is 16.8 Å². The number of hydrogen-bond acceptors (Lipinski definition) is 4. The van der Waals surface area contributed by atoms with Gasteiger partial charge in [-0.05, 0) is 24.3 Å². The molecular formula is C16H12N2O2. The van der Waals surface area contributed by atoms with Gasteiger partial charge in [-0.3, -0.25) is 4.99 Å². The third-order valence-corrected chi connectivity index (χ3v) is 2.98. The van der Waals surface area contributed by atoms with Crippen LogP contribution in [0.1, 0.15) is 5.56 Å². The summed E-state index contributed by atoms with van der Waals surface area (Å²) in [6.45, 7) is 0. The van der Waals surface area contributed by atoms with E-state index in [1.165, 1.54) is 6.21 Å². The first-order chi connectivity index (χ1) is 9.75. The zero-order chi connectivity index (χ0) is 13.9. The standard InChI is InChI=1S/C16H12N2O2/c19-15-12-8-4-5-9-14(12)18-16(20)13(15)10-17-11-6-2-1-3-7-11/h1-10H,(H2,18,19,20)/b17-10-. The normalized spacial score (nSPS) is 11.2. The number of hydrogen-bond donors (Lipinski definition) is 2. The lowest BCUT2D eigenvalue weighted by Crippen LogP contribution is -1.89. The van der Waals surface area contributed by atoms with Gasteiger partial charge in [-0.1, -0.05) is 30.3 Å². The molecule has 0 saturated carbocycles. The molecule has 0 saturated heterocycles. The Morgan fingerprint density at radius 3 is 2.40 bits per heavy atom. The molecule has 2 aromatic carbocycles. The number of fused-ring (bicyclic) bond motifs is 1. The molecule has 1 heterocycles. The van der Waals surface area contributed by atoms with Crippen molar-refractivity contribution < 1.29 is 10.2 Å². The zero-order valence-corrected chi connectivity index (χ0v) is 10.6. The molecule has 20 heavy (non-hydrogen) atoms. The zero-order valence-electron chi connectivity index (χ0n) is 10.6. The van der Waals surface area contributed by atoms with Crippen LogP contribution in [0.3, 0.4) is 0 Å². The van der Waals surface area contributed by atoms with Crippen molar-refractivity contribution >= 4 is 22.8 Å². The minimum absolute atomic E-state index is 0.0206. The van der Waals surface area contributed by atoms with Gasteiger partial charge in [0.25, 0.3) is 0 Å². The number of aromatic nitrogens is 1. The Bertz CT molecular complexity index is 783. The van der Waals surface area contributed by atoms with E-state index in [0.717, 1.165) is 5.69 Å². The van der Waals surface area contributed by atoms with E-state index >= 15 is 0 Å². The maximum Gasteiger partial charge on any atom is 0.224 e. The van der Waals surface area contributed by atoms with Crippen LogP contribution in [0, 0.1) is 0 Å². The number of aromatic hydroxyl groups is 2. The van der Waals surface area contributed by atoms with Crippen molar-refractivity contribution in [1.82, 2.24) is 4.98 Å². The van der Waals surface area contributed by atoms with Crippen LogP contribution in [0.25, 0.3) is 10.9 Å². The van der Waals surface area contributed by atoms with Crippen LogP contribution in [0.4, 0.5) is 5.69 Å². The van der Waals surface area contributed by atoms with E-state index in [9.17, 15) is 10.2 Å². The van der Waals surface area contributed by atoms with Crippen LogP contribution < -0.4 is 0 Å². The minimum Gasteiger partial charge on any atom is -0.506 e. The van der Waals surface area contributed by atoms with E-state index in [0.29, 0.717) is 10.9 Å². The highest BCUT2D eigenvalue weighted by Gasteiger charge is 2.11.